The van der Waals surface area contributed by atoms with Gasteiger partial charge in [0.2, 0.25) is 5.88 Å². The van der Waals surface area contributed by atoms with Crippen molar-refractivity contribution in [3.63, 3.8) is 0 Å². The third-order valence-corrected chi connectivity index (χ3v) is 4.83. The van der Waals surface area contributed by atoms with Crippen LogP contribution in [0.25, 0.3) is 0 Å². The lowest BCUT2D eigenvalue weighted by Crippen LogP contribution is -2.17. The summed E-state index contributed by atoms with van der Waals surface area (Å²) < 4.78 is 51.4. The highest BCUT2D eigenvalue weighted by Gasteiger charge is 2.32. The summed E-state index contributed by atoms with van der Waals surface area (Å²) in [4.78, 5) is 13.5. The molecule has 10 heteroatoms. The highest BCUT2D eigenvalue weighted by molar-refractivity contribution is 6.32. The molecule has 1 aromatic heterocycles. The van der Waals surface area contributed by atoms with Gasteiger partial charge in [-0.3, -0.25) is 4.98 Å². The second kappa shape index (κ2) is 7.07. The number of aromatic amines is 1. The molecule has 6 nitrogen and oxygen atoms in total. The molecule has 0 spiro atoms. The van der Waals surface area contributed by atoms with E-state index in [0.717, 1.165) is 23.3 Å². The number of hydrogen-bond acceptors (Lipinski definition) is 5. The Morgan fingerprint density at radius 1 is 1.17 bits per heavy atom. The second-order valence-electron chi connectivity index (χ2n) is 6.42. The van der Waals surface area contributed by atoms with E-state index in [-0.39, 0.29) is 28.3 Å². The van der Waals surface area contributed by atoms with Crippen LogP contribution < -0.4 is 15.2 Å². The van der Waals surface area contributed by atoms with E-state index < -0.39 is 17.9 Å². The lowest BCUT2D eigenvalue weighted by atomic mass is 9.99. The molecule has 0 radical (unpaired) electrons. The van der Waals surface area contributed by atoms with Crippen LogP contribution in [0.3, 0.4) is 0 Å². The number of halogens is 4. The summed E-state index contributed by atoms with van der Waals surface area (Å²) >= 11 is 6.00. The first kappa shape index (κ1) is 19.3. The Morgan fingerprint density at radius 3 is 2.59 bits per heavy atom. The first-order valence-corrected chi connectivity index (χ1v) is 8.85. The summed E-state index contributed by atoms with van der Waals surface area (Å²) in [7, 11) is 0. The van der Waals surface area contributed by atoms with Crippen LogP contribution in [0.15, 0.2) is 45.6 Å². The number of aromatic hydroxyl groups is 1. The van der Waals surface area contributed by atoms with Crippen molar-refractivity contribution in [1.82, 2.24) is 4.98 Å². The number of fused-ring (bicyclic) bond motifs is 1. The van der Waals surface area contributed by atoms with Gasteiger partial charge in [-0.25, -0.2) is 4.79 Å². The molecule has 1 heterocycles. The number of rotatable bonds is 4. The lowest BCUT2D eigenvalue weighted by Gasteiger charge is -2.13. The smallest absolute Gasteiger partial charge is 0.492 e. The van der Waals surface area contributed by atoms with Gasteiger partial charge in [0.25, 0.3) is 0 Å². The topological polar surface area (TPSA) is 84.7 Å². The number of aromatic nitrogens is 1. The Morgan fingerprint density at radius 2 is 1.93 bits per heavy atom. The summed E-state index contributed by atoms with van der Waals surface area (Å²) in [5.41, 5.74) is 1.82. The Bertz CT molecular complexity index is 1120. The van der Waals surface area contributed by atoms with Gasteiger partial charge >= 0.3 is 12.1 Å². The van der Waals surface area contributed by atoms with Crippen molar-refractivity contribution < 1.29 is 32.2 Å². The molecular weight excluding hydrogens is 415 g/mol. The number of ether oxygens (including phenoxy) is 2. The minimum Gasteiger partial charge on any atom is -0.492 e. The zero-order chi connectivity index (χ0) is 20.8. The zero-order valence-electron chi connectivity index (χ0n) is 14.5. The molecule has 2 N–H and O–H groups in total. The maximum Gasteiger partial charge on any atom is 0.573 e. The fourth-order valence-corrected chi connectivity index (χ4v) is 3.60. The fourth-order valence-electron chi connectivity index (χ4n) is 3.39. The largest absolute Gasteiger partial charge is 0.573 e. The van der Waals surface area contributed by atoms with E-state index in [0.29, 0.717) is 18.6 Å². The van der Waals surface area contributed by atoms with Gasteiger partial charge in [0.1, 0.15) is 17.2 Å². The van der Waals surface area contributed by atoms with E-state index in [2.05, 4.69) is 9.72 Å². The van der Waals surface area contributed by atoms with Crippen LogP contribution in [0.4, 0.5) is 13.2 Å². The standard InChI is InChI=1S/C19H13ClF3NO5/c20-14-8-11(29-19(21,22)23)3-6-15(14)27-10-2-5-12-9(7-10)1-4-13(12)16-17(25)24-18(26)28-16/h2-3,5-8,13,25H,1,4H2,(H,24,26)/t13-/m1/s1. The van der Waals surface area contributed by atoms with Crippen LogP contribution in [0.2, 0.25) is 5.02 Å². The van der Waals surface area contributed by atoms with Crippen LogP contribution in [-0.4, -0.2) is 16.5 Å². The Balaban J connectivity index is 1.55. The van der Waals surface area contributed by atoms with Crippen molar-refractivity contribution in [2.75, 3.05) is 0 Å². The van der Waals surface area contributed by atoms with Crippen molar-refractivity contribution >= 4 is 11.6 Å². The van der Waals surface area contributed by atoms with Crippen LogP contribution in [0, 0.1) is 0 Å². The summed E-state index contributed by atoms with van der Waals surface area (Å²) in [5.74, 6) is -0.925. The number of benzene rings is 2. The Hall–Kier alpha value is -3.07. The summed E-state index contributed by atoms with van der Waals surface area (Å²) in [5, 5.41) is 9.78. The molecule has 2 aromatic carbocycles. The Kier molecular flexibility index (Phi) is 4.70. The van der Waals surface area contributed by atoms with Gasteiger partial charge in [0.05, 0.1) is 5.02 Å². The van der Waals surface area contributed by atoms with Gasteiger partial charge in [-0.1, -0.05) is 17.7 Å². The molecule has 152 valence electrons. The number of hydrogen-bond donors (Lipinski definition) is 2. The number of H-pyrrole nitrogens is 1. The molecule has 0 aliphatic heterocycles. The highest BCUT2D eigenvalue weighted by Crippen LogP contribution is 2.42. The molecule has 1 aliphatic rings. The van der Waals surface area contributed by atoms with E-state index in [1.54, 1.807) is 18.2 Å². The predicted octanol–water partition coefficient (Wildman–Crippen LogP) is 5.10. The van der Waals surface area contributed by atoms with Gasteiger partial charge in [-0.2, -0.15) is 0 Å². The summed E-state index contributed by atoms with van der Waals surface area (Å²) in [6.07, 6.45) is -3.51. The van der Waals surface area contributed by atoms with Gasteiger partial charge in [0, 0.05) is 12.0 Å². The first-order chi connectivity index (χ1) is 13.7. The molecule has 29 heavy (non-hydrogen) atoms. The third-order valence-electron chi connectivity index (χ3n) is 4.53. The molecule has 0 bridgehead atoms. The number of alkyl halides is 3. The summed E-state index contributed by atoms with van der Waals surface area (Å²) in [6.45, 7) is 0. The predicted molar refractivity (Wildman–Crippen MR) is 95.8 cm³/mol. The number of aryl methyl sites for hydroxylation is 1. The third kappa shape index (κ3) is 4.04. The molecule has 0 amide bonds. The minimum atomic E-state index is -4.81. The normalized spacial score (nSPS) is 15.9. The van der Waals surface area contributed by atoms with Crippen LogP contribution in [-0.2, 0) is 6.42 Å². The minimum absolute atomic E-state index is 0.0378. The molecule has 0 unspecified atom stereocenters. The highest BCUT2D eigenvalue weighted by atomic mass is 35.5. The molecular formula is C19H13ClF3NO5. The van der Waals surface area contributed by atoms with Gasteiger partial charge in [0.15, 0.2) is 5.76 Å². The van der Waals surface area contributed by atoms with E-state index in [1.165, 1.54) is 6.07 Å². The van der Waals surface area contributed by atoms with Gasteiger partial charge < -0.3 is 19.0 Å². The maximum atomic E-state index is 12.3. The van der Waals surface area contributed by atoms with Gasteiger partial charge in [-0.15, -0.1) is 13.2 Å². The van der Waals surface area contributed by atoms with E-state index in [9.17, 15) is 23.1 Å². The zero-order valence-corrected chi connectivity index (χ0v) is 15.3. The molecule has 0 saturated heterocycles. The van der Waals surface area contributed by atoms with Crippen LogP contribution in [0.5, 0.6) is 23.1 Å². The van der Waals surface area contributed by atoms with Crippen molar-refractivity contribution in [1.29, 1.82) is 0 Å². The fraction of sp³-hybridized carbons (Fsp3) is 0.211. The molecule has 3 aromatic rings. The second-order valence-corrected chi connectivity index (χ2v) is 6.83. The van der Waals surface area contributed by atoms with Crippen LogP contribution >= 0.6 is 11.6 Å². The molecule has 4 rings (SSSR count). The number of oxazole rings is 1. The molecule has 1 atom stereocenters. The van der Waals surface area contributed by atoms with Crippen molar-refractivity contribution in [3.05, 3.63) is 68.9 Å². The molecule has 1 aliphatic carbocycles. The average molecular weight is 428 g/mol. The lowest BCUT2D eigenvalue weighted by molar-refractivity contribution is -0.274. The van der Waals surface area contributed by atoms with Crippen molar-refractivity contribution in [2.24, 2.45) is 0 Å². The van der Waals surface area contributed by atoms with Gasteiger partial charge in [-0.05, 0) is 48.2 Å². The monoisotopic (exact) mass is 427 g/mol. The molecule has 0 fully saturated rings. The maximum absolute atomic E-state index is 12.3. The molecule has 0 saturated carbocycles. The quantitative estimate of drug-likeness (QED) is 0.605. The van der Waals surface area contributed by atoms with E-state index in [4.69, 9.17) is 20.8 Å². The average Bonchev–Trinajstić information content (AvgIpc) is 3.18. The van der Waals surface area contributed by atoms with E-state index in [1.807, 2.05) is 0 Å². The van der Waals surface area contributed by atoms with Crippen molar-refractivity contribution in [3.8, 4) is 23.1 Å². The summed E-state index contributed by atoms with van der Waals surface area (Å²) in [6, 6.07) is 8.62. The van der Waals surface area contributed by atoms with Crippen LogP contribution in [0.1, 0.15) is 29.2 Å². The SMILES string of the molecule is O=c1[nH]c(O)c([C@@H]2CCc3cc(Oc4ccc(OC(F)(F)F)cc4Cl)ccc32)o1. The first-order valence-electron chi connectivity index (χ1n) is 8.47. The van der Waals surface area contributed by atoms with Crippen molar-refractivity contribution in [2.45, 2.75) is 25.1 Å². The van der Waals surface area contributed by atoms with E-state index >= 15 is 0 Å². The Labute approximate surface area is 166 Å². The number of nitrogens with one attached hydrogen (secondary N) is 1.